The zero-order chi connectivity index (χ0) is 17.9. The van der Waals surface area contributed by atoms with Gasteiger partial charge in [0.1, 0.15) is 0 Å². The van der Waals surface area contributed by atoms with Gasteiger partial charge in [-0.05, 0) is 31.6 Å². The van der Waals surface area contributed by atoms with Crippen LogP contribution in [0.4, 0.5) is 0 Å². The van der Waals surface area contributed by atoms with Crippen molar-refractivity contribution in [3.63, 3.8) is 0 Å². The largest absolute Gasteiger partial charge is 0.354 e. The number of hydrogen-bond acceptors (Lipinski definition) is 3. The summed E-state index contributed by atoms with van der Waals surface area (Å²) in [6, 6.07) is 10.1. The van der Waals surface area contributed by atoms with Crippen molar-refractivity contribution in [2.45, 2.75) is 57.5 Å². The second-order valence-electron chi connectivity index (χ2n) is 7.50. The Hall–Kier alpha value is -2.37. The molecule has 0 spiro atoms. The number of amides is 1. The molecule has 138 valence electrons. The predicted octanol–water partition coefficient (Wildman–Crippen LogP) is 2.74. The van der Waals surface area contributed by atoms with Gasteiger partial charge in [0.2, 0.25) is 5.91 Å². The summed E-state index contributed by atoms with van der Waals surface area (Å²) >= 11 is 0. The highest BCUT2D eigenvalue weighted by Gasteiger charge is 2.30. The van der Waals surface area contributed by atoms with Gasteiger partial charge in [0, 0.05) is 24.6 Å². The van der Waals surface area contributed by atoms with Gasteiger partial charge in [0.15, 0.2) is 5.82 Å². The summed E-state index contributed by atoms with van der Waals surface area (Å²) in [4.78, 5) is 24.8. The van der Waals surface area contributed by atoms with E-state index in [9.17, 15) is 9.59 Å². The maximum Gasteiger partial charge on any atom is 0.346 e. The average molecular weight is 354 g/mol. The Morgan fingerprint density at radius 3 is 2.54 bits per heavy atom. The van der Waals surface area contributed by atoms with E-state index in [4.69, 9.17) is 0 Å². The molecule has 2 saturated carbocycles. The molecule has 26 heavy (non-hydrogen) atoms. The molecule has 6 heteroatoms. The Labute approximate surface area is 153 Å². The van der Waals surface area contributed by atoms with E-state index in [0.717, 1.165) is 24.2 Å². The summed E-state index contributed by atoms with van der Waals surface area (Å²) in [5.41, 5.74) is 0.886. The van der Waals surface area contributed by atoms with Crippen molar-refractivity contribution in [3.05, 3.63) is 40.8 Å². The number of aromatic nitrogens is 3. The molecule has 2 aliphatic carbocycles. The molecule has 1 aromatic heterocycles. The Morgan fingerprint density at radius 1 is 1.12 bits per heavy atom. The molecule has 0 unspecified atom stereocenters. The van der Waals surface area contributed by atoms with Crippen LogP contribution < -0.4 is 11.0 Å². The lowest BCUT2D eigenvalue weighted by atomic mass is 10.0. The maximum atomic E-state index is 12.7. The first-order valence-electron chi connectivity index (χ1n) is 9.74. The fourth-order valence-corrected chi connectivity index (χ4v) is 3.86. The number of hydrogen-bond donors (Lipinski definition) is 1. The summed E-state index contributed by atoms with van der Waals surface area (Å²) in [7, 11) is 0. The van der Waals surface area contributed by atoms with Crippen LogP contribution in [0, 0.1) is 5.92 Å². The lowest BCUT2D eigenvalue weighted by molar-refractivity contribution is -0.122. The standard InChI is InChI=1S/C20H26N4O2/c25-18(14-15-6-4-5-7-15)21-12-13-23-20(26)24(17-10-11-17)19(22-23)16-8-2-1-3-9-16/h1-3,8-9,15,17H,4-7,10-14H2,(H,21,25). The molecule has 0 bridgehead atoms. The molecule has 6 nitrogen and oxygen atoms in total. The highest BCUT2D eigenvalue weighted by atomic mass is 16.2. The summed E-state index contributed by atoms with van der Waals surface area (Å²) in [5, 5.41) is 7.51. The molecule has 4 rings (SSSR count). The fraction of sp³-hybridized carbons (Fsp3) is 0.550. The van der Waals surface area contributed by atoms with Crippen LogP contribution in [0.2, 0.25) is 0 Å². The van der Waals surface area contributed by atoms with Crippen LogP contribution in [-0.4, -0.2) is 26.8 Å². The first-order chi connectivity index (χ1) is 12.7. The topological polar surface area (TPSA) is 68.9 Å². The Balaban J connectivity index is 1.42. The molecular weight excluding hydrogens is 328 g/mol. The van der Waals surface area contributed by atoms with Gasteiger partial charge in [-0.2, -0.15) is 0 Å². The molecule has 0 atom stereocenters. The van der Waals surface area contributed by atoms with Gasteiger partial charge >= 0.3 is 5.69 Å². The third-order valence-electron chi connectivity index (χ3n) is 5.41. The van der Waals surface area contributed by atoms with Gasteiger partial charge < -0.3 is 5.32 Å². The summed E-state index contributed by atoms with van der Waals surface area (Å²) in [6.45, 7) is 0.857. The third kappa shape index (κ3) is 3.74. The van der Waals surface area contributed by atoms with E-state index < -0.39 is 0 Å². The number of carbonyl (C=O) groups excluding carboxylic acids is 1. The van der Waals surface area contributed by atoms with Crippen LogP contribution >= 0.6 is 0 Å². The van der Waals surface area contributed by atoms with E-state index in [1.54, 1.807) is 0 Å². The first kappa shape index (κ1) is 17.1. The molecule has 0 radical (unpaired) electrons. The van der Waals surface area contributed by atoms with E-state index in [2.05, 4.69) is 10.4 Å². The number of nitrogens with one attached hydrogen (secondary N) is 1. The monoisotopic (exact) mass is 354 g/mol. The minimum absolute atomic E-state index is 0.0728. The van der Waals surface area contributed by atoms with Gasteiger partial charge in [-0.15, -0.1) is 5.10 Å². The predicted molar refractivity (Wildman–Crippen MR) is 99.8 cm³/mol. The number of rotatable bonds is 7. The Kier molecular flexibility index (Phi) is 4.91. The number of nitrogens with zero attached hydrogens (tertiary/aromatic N) is 3. The van der Waals surface area contributed by atoms with Crippen LogP contribution in [0.3, 0.4) is 0 Å². The van der Waals surface area contributed by atoms with E-state index in [-0.39, 0.29) is 17.6 Å². The molecule has 1 aromatic carbocycles. The van der Waals surface area contributed by atoms with E-state index in [0.29, 0.717) is 25.4 Å². The van der Waals surface area contributed by atoms with Gasteiger partial charge in [-0.25, -0.2) is 9.48 Å². The van der Waals surface area contributed by atoms with Crippen molar-refractivity contribution in [2.24, 2.45) is 5.92 Å². The van der Waals surface area contributed by atoms with Crippen LogP contribution in [0.25, 0.3) is 11.4 Å². The van der Waals surface area contributed by atoms with Crippen molar-refractivity contribution in [1.82, 2.24) is 19.7 Å². The quantitative estimate of drug-likeness (QED) is 0.831. The lowest BCUT2D eigenvalue weighted by Crippen LogP contribution is -2.32. The molecule has 1 heterocycles. The summed E-state index contributed by atoms with van der Waals surface area (Å²) < 4.78 is 3.31. The first-order valence-corrected chi connectivity index (χ1v) is 9.74. The highest BCUT2D eigenvalue weighted by molar-refractivity contribution is 5.76. The summed E-state index contributed by atoms with van der Waals surface area (Å²) in [5.74, 6) is 1.36. The van der Waals surface area contributed by atoms with Crippen molar-refractivity contribution in [3.8, 4) is 11.4 Å². The smallest absolute Gasteiger partial charge is 0.346 e. The van der Waals surface area contributed by atoms with Gasteiger partial charge in [-0.3, -0.25) is 9.36 Å². The minimum Gasteiger partial charge on any atom is -0.354 e. The zero-order valence-corrected chi connectivity index (χ0v) is 15.1. The fourth-order valence-electron chi connectivity index (χ4n) is 3.86. The molecule has 2 aromatic rings. The van der Waals surface area contributed by atoms with E-state index in [1.807, 2.05) is 34.9 Å². The van der Waals surface area contributed by atoms with Gasteiger partial charge in [-0.1, -0.05) is 43.2 Å². The SMILES string of the molecule is O=C(CC1CCCC1)NCCn1nc(-c2ccccc2)n(C2CC2)c1=O. The van der Waals surface area contributed by atoms with Crippen molar-refractivity contribution in [1.29, 1.82) is 0 Å². The van der Waals surface area contributed by atoms with Crippen molar-refractivity contribution in [2.75, 3.05) is 6.54 Å². The highest BCUT2D eigenvalue weighted by Crippen LogP contribution is 2.36. The number of benzene rings is 1. The van der Waals surface area contributed by atoms with Crippen LogP contribution in [0.5, 0.6) is 0 Å². The molecule has 0 aliphatic heterocycles. The van der Waals surface area contributed by atoms with Crippen LogP contribution in [-0.2, 0) is 11.3 Å². The summed E-state index contributed by atoms with van der Waals surface area (Å²) in [6.07, 6.45) is 7.49. The second-order valence-corrected chi connectivity index (χ2v) is 7.50. The second kappa shape index (κ2) is 7.48. The average Bonchev–Trinajstić information content (AvgIpc) is 3.26. The molecule has 0 saturated heterocycles. The van der Waals surface area contributed by atoms with Gasteiger partial charge in [0.05, 0.1) is 6.54 Å². The van der Waals surface area contributed by atoms with Crippen LogP contribution in [0.15, 0.2) is 35.1 Å². The molecular formula is C20H26N4O2. The van der Waals surface area contributed by atoms with E-state index >= 15 is 0 Å². The Morgan fingerprint density at radius 2 is 1.85 bits per heavy atom. The lowest BCUT2D eigenvalue weighted by Gasteiger charge is -2.09. The van der Waals surface area contributed by atoms with Crippen molar-refractivity contribution >= 4 is 5.91 Å². The van der Waals surface area contributed by atoms with E-state index in [1.165, 1.54) is 30.4 Å². The minimum atomic E-state index is -0.0728. The third-order valence-corrected chi connectivity index (χ3v) is 5.41. The Bertz CT molecular complexity index is 814. The molecule has 2 fully saturated rings. The zero-order valence-electron chi connectivity index (χ0n) is 15.1. The van der Waals surface area contributed by atoms with Crippen molar-refractivity contribution < 1.29 is 4.79 Å². The molecule has 1 amide bonds. The van der Waals surface area contributed by atoms with Gasteiger partial charge in [0.25, 0.3) is 0 Å². The molecule has 2 aliphatic rings. The normalized spacial score (nSPS) is 17.5. The number of carbonyl (C=O) groups is 1. The van der Waals surface area contributed by atoms with Crippen LogP contribution in [0.1, 0.15) is 51.0 Å². The maximum absolute atomic E-state index is 12.7. The molecule has 1 N–H and O–H groups in total.